The van der Waals surface area contributed by atoms with Gasteiger partial charge in [0.05, 0.1) is 24.7 Å². The van der Waals surface area contributed by atoms with Gasteiger partial charge in [-0.1, -0.05) is 0 Å². The van der Waals surface area contributed by atoms with E-state index in [9.17, 15) is 0 Å². The van der Waals surface area contributed by atoms with Crippen LogP contribution in [0.15, 0.2) is 48.7 Å². The van der Waals surface area contributed by atoms with Crippen LogP contribution in [-0.2, 0) is 0 Å². The highest BCUT2D eigenvalue weighted by molar-refractivity contribution is 5.89. The highest BCUT2D eigenvalue weighted by Crippen LogP contribution is 2.37. The van der Waals surface area contributed by atoms with Crippen LogP contribution in [0.5, 0.6) is 17.2 Å². The maximum Gasteiger partial charge on any atom is 0.231 e. The summed E-state index contributed by atoms with van der Waals surface area (Å²) in [6.07, 6.45) is 1.72. The Morgan fingerprint density at radius 2 is 1.81 bits per heavy atom. The van der Waals surface area contributed by atoms with Crippen molar-refractivity contribution in [2.75, 3.05) is 13.9 Å². The summed E-state index contributed by atoms with van der Waals surface area (Å²) in [4.78, 5) is 9.19. The van der Waals surface area contributed by atoms with Crippen molar-refractivity contribution in [2.24, 2.45) is 0 Å². The van der Waals surface area contributed by atoms with E-state index in [1.165, 1.54) is 0 Å². The zero-order valence-electron chi connectivity index (χ0n) is 13.9. The summed E-state index contributed by atoms with van der Waals surface area (Å²) in [5.41, 5.74) is 4.70. The number of H-pyrrole nitrogens is 1. The second-order valence-electron chi connectivity index (χ2n) is 5.82. The Labute approximate surface area is 148 Å². The predicted molar refractivity (Wildman–Crippen MR) is 95.2 cm³/mol. The third kappa shape index (κ3) is 2.33. The first-order valence-electron chi connectivity index (χ1n) is 8.07. The molecule has 0 bridgehead atoms. The summed E-state index contributed by atoms with van der Waals surface area (Å²) >= 11 is 0. The molecular formula is C19H14N4O3. The molecule has 26 heavy (non-hydrogen) atoms. The molecule has 0 radical (unpaired) electrons. The van der Waals surface area contributed by atoms with E-state index < -0.39 is 0 Å². The minimum atomic E-state index is 0.240. The maximum atomic E-state index is 5.46. The van der Waals surface area contributed by atoms with Crippen molar-refractivity contribution >= 4 is 11.2 Å². The minimum absolute atomic E-state index is 0.240. The van der Waals surface area contributed by atoms with Gasteiger partial charge in [-0.3, -0.25) is 5.10 Å². The molecule has 128 valence electrons. The largest absolute Gasteiger partial charge is 0.497 e. The summed E-state index contributed by atoms with van der Waals surface area (Å²) in [5.74, 6) is 2.25. The number of hydrogen-bond donors (Lipinski definition) is 1. The van der Waals surface area contributed by atoms with Crippen LogP contribution in [0, 0.1) is 0 Å². The lowest BCUT2D eigenvalue weighted by Gasteiger charge is -2.04. The second kappa shape index (κ2) is 5.73. The number of hydrogen-bond acceptors (Lipinski definition) is 6. The monoisotopic (exact) mass is 346 g/mol. The summed E-state index contributed by atoms with van der Waals surface area (Å²) < 4.78 is 16.0. The SMILES string of the molecule is COc1ccc(-c2cnc3n[nH]c(-c4ccc5c(c4)OCO5)c3n2)cc1. The van der Waals surface area contributed by atoms with Crippen molar-refractivity contribution in [1.29, 1.82) is 0 Å². The third-order valence-electron chi connectivity index (χ3n) is 4.31. The van der Waals surface area contributed by atoms with E-state index in [0.717, 1.165) is 34.0 Å². The van der Waals surface area contributed by atoms with E-state index in [2.05, 4.69) is 15.2 Å². The first-order chi connectivity index (χ1) is 12.8. The van der Waals surface area contributed by atoms with Crippen molar-refractivity contribution < 1.29 is 14.2 Å². The predicted octanol–water partition coefficient (Wildman–Crippen LogP) is 3.42. The Balaban J connectivity index is 1.60. The van der Waals surface area contributed by atoms with Gasteiger partial charge in [-0.2, -0.15) is 5.10 Å². The highest BCUT2D eigenvalue weighted by atomic mass is 16.7. The topological polar surface area (TPSA) is 82.2 Å². The van der Waals surface area contributed by atoms with Crippen LogP contribution in [0.2, 0.25) is 0 Å². The molecule has 7 heteroatoms. The van der Waals surface area contributed by atoms with Gasteiger partial charge in [-0.05, 0) is 42.5 Å². The Morgan fingerprint density at radius 3 is 2.65 bits per heavy atom. The molecule has 3 heterocycles. The van der Waals surface area contributed by atoms with Crippen LogP contribution >= 0.6 is 0 Å². The van der Waals surface area contributed by atoms with Crippen LogP contribution in [0.1, 0.15) is 0 Å². The maximum absolute atomic E-state index is 5.46. The Kier molecular flexibility index (Phi) is 3.24. The van der Waals surface area contributed by atoms with Crippen molar-refractivity contribution in [3.63, 3.8) is 0 Å². The average molecular weight is 346 g/mol. The van der Waals surface area contributed by atoms with Crippen LogP contribution < -0.4 is 14.2 Å². The quantitative estimate of drug-likeness (QED) is 0.612. The molecule has 0 atom stereocenters. The van der Waals surface area contributed by atoms with Crippen molar-refractivity contribution in [3.8, 4) is 39.8 Å². The standard InChI is InChI=1S/C19H14N4O3/c1-24-13-5-2-11(3-6-13)14-9-20-19-18(21-14)17(22-23-19)12-4-7-15-16(8-12)26-10-25-15/h2-9H,10H2,1H3,(H,20,22,23). The van der Waals surface area contributed by atoms with E-state index in [1.807, 2.05) is 42.5 Å². The number of nitrogens with one attached hydrogen (secondary N) is 1. The zero-order chi connectivity index (χ0) is 17.5. The molecule has 5 rings (SSSR count). The number of rotatable bonds is 3. The van der Waals surface area contributed by atoms with Gasteiger partial charge in [0.15, 0.2) is 17.1 Å². The Hall–Kier alpha value is -3.61. The third-order valence-corrected chi connectivity index (χ3v) is 4.31. The molecule has 1 aliphatic heterocycles. The molecule has 0 fully saturated rings. The van der Waals surface area contributed by atoms with E-state index in [4.69, 9.17) is 19.2 Å². The lowest BCUT2D eigenvalue weighted by atomic mass is 10.1. The fourth-order valence-electron chi connectivity index (χ4n) is 2.95. The first-order valence-corrected chi connectivity index (χ1v) is 8.07. The zero-order valence-corrected chi connectivity index (χ0v) is 13.9. The number of fused-ring (bicyclic) bond motifs is 2. The molecule has 4 aromatic rings. The van der Waals surface area contributed by atoms with Crippen molar-refractivity contribution in [1.82, 2.24) is 20.2 Å². The molecular weight excluding hydrogens is 332 g/mol. The Bertz CT molecular complexity index is 1110. The number of methoxy groups -OCH3 is 1. The molecule has 0 saturated heterocycles. The van der Waals surface area contributed by atoms with Gasteiger partial charge < -0.3 is 14.2 Å². The highest BCUT2D eigenvalue weighted by Gasteiger charge is 2.17. The van der Waals surface area contributed by atoms with Crippen molar-refractivity contribution in [3.05, 3.63) is 48.7 Å². The van der Waals surface area contributed by atoms with E-state index >= 15 is 0 Å². The lowest BCUT2D eigenvalue weighted by molar-refractivity contribution is 0.174. The van der Waals surface area contributed by atoms with Gasteiger partial charge in [-0.25, -0.2) is 9.97 Å². The summed E-state index contributed by atoms with van der Waals surface area (Å²) in [7, 11) is 1.64. The van der Waals surface area contributed by atoms with E-state index in [1.54, 1.807) is 13.3 Å². The minimum Gasteiger partial charge on any atom is -0.497 e. The van der Waals surface area contributed by atoms with Crippen molar-refractivity contribution in [2.45, 2.75) is 0 Å². The van der Waals surface area contributed by atoms with Gasteiger partial charge in [0.1, 0.15) is 11.3 Å². The van der Waals surface area contributed by atoms with Gasteiger partial charge in [0, 0.05) is 11.1 Å². The molecule has 0 amide bonds. The van der Waals surface area contributed by atoms with Crippen LogP contribution in [0.25, 0.3) is 33.7 Å². The number of aromatic amines is 1. The number of ether oxygens (including phenoxy) is 3. The normalized spacial score (nSPS) is 12.5. The summed E-state index contributed by atoms with van der Waals surface area (Å²) in [6, 6.07) is 13.4. The van der Waals surface area contributed by atoms with Gasteiger partial charge in [-0.15, -0.1) is 0 Å². The lowest BCUT2D eigenvalue weighted by Crippen LogP contribution is -1.92. The average Bonchev–Trinajstić information content (AvgIpc) is 3.33. The fourth-order valence-corrected chi connectivity index (χ4v) is 2.95. The molecule has 0 unspecified atom stereocenters. The summed E-state index contributed by atoms with van der Waals surface area (Å²) in [5, 5.41) is 7.29. The smallest absolute Gasteiger partial charge is 0.231 e. The molecule has 7 nitrogen and oxygen atoms in total. The van der Waals surface area contributed by atoms with E-state index in [-0.39, 0.29) is 6.79 Å². The molecule has 0 aliphatic carbocycles. The van der Waals surface area contributed by atoms with Crippen LogP contribution in [0.3, 0.4) is 0 Å². The van der Waals surface area contributed by atoms with Crippen LogP contribution in [0.4, 0.5) is 0 Å². The second-order valence-corrected chi connectivity index (χ2v) is 5.82. The molecule has 2 aromatic heterocycles. The molecule has 2 aromatic carbocycles. The molecule has 0 spiro atoms. The van der Waals surface area contributed by atoms with Gasteiger partial charge in [0.25, 0.3) is 0 Å². The number of benzene rings is 2. The number of aromatic nitrogens is 4. The van der Waals surface area contributed by atoms with E-state index in [0.29, 0.717) is 16.9 Å². The summed E-state index contributed by atoms with van der Waals surface area (Å²) in [6.45, 7) is 0.240. The molecule has 1 aliphatic rings. The van der Waals surface area contributed by atoms with Gasteiger partial charge >= 0.3 is 0 Å². The number of nitrogens with zero attached hydrogens (tertiary/aromatic N) is 3. The van der Waals surface area contributed by atoms with Crippen LogP contribution in [-0.4, -0.2) is 34.1 Å². The molecule has 1 N–H and O–H groups in total. The van der Waals surface area contributed by atoms with Gasteiger partial charge in [0.2, 0.25) is 6.79 Å². The Morgan fingerprint density at radius 1 is 1.00 bits per heavy atom. The first kappa shape index (κ1) is 14.7. The molecule has 0 saturated carbocycles. The fraction of sp³-hybridized carbons (Fsp3) is 0.105.